The van der Waals surface area contributed by atoms with E-state index in [1.807, 2.05) is 12.1 Å². The molecule has 0 aromatic heterocycles. The number of ether oxygens (including phenoxy) is 1. The van der Waals surface area contributed by atoms with E-state index in [9.17, 15) is 10.2 Å². The van der Waals surface area contributed by atoms with E-state index >= 15 is 0 Å². The van der Waals surface area contributed by atoms with E-state index in [-0.39, 0.29) is 17.3 Å². The SMILES string of the molecule is CN1CC[C@]23c4c5ccc(O)c4OC2C(O)C=C[C@H]3[C@H]1C5. The van der Waals surface area contributed by atoms with Crippen molar-refractivity contribution in [1.82, 2.24) is 4.90 Å². The number of piperidine rings is 1. The summed E-state index contributed by atoms with van der Waals surface area (Å²) >= 11 is 0. The van der Waals surface area contributed by atoms with Crippen LogP contribution in [0.25, 0.3) is 0 Å². The molecule has 2 bridgehead atoms. The smallest absolute Gasteiger partial charge is 0.165 e. The van der Waals surface area contributed by atoms with Crippen LogP contribution in [0.4, 0.5) is 0 Å². The second-order valence-electron chi connectivity index (χ2n) is 6.93. The van der Waals surface area contributed by atoms with Crippen LogP contribution in [-0.2, 0) is 11.8 Å². The van der Waals surface area contributed by atoms with Gasteiger partial charge in [0.15, 0.2) is 11.5 Å². The van der Waals surface area contributed by atoms with Gasteiger partial charge in [-0.1, -0.05) is 18.2 Å². The Bertz CT molecular complexity index is 670. The van der Waals surface area contributed by atoms with E-state index < -0.39 is 6.10 Å². The highest BCUT2D eigenvalue weighted by molar-refractivity contribution is 5.61. The van der Waals surface area contributed by atoms with Crippen LogP contribution in [0.1, 0.15) is 17.5 Å². The number of rotatable bonds is 0. The Hall–Kier alpha value is -1.52. The number of likely N-dealkylation sites (tertiary alicyclic amines) is 1. The second-order valence-corrected chi connectivity index (χ2v) is 6.93. The summed E-state index contributed by atoms with van der Waals surface area (Å²) in [5.74, 6) is 1.19. The summed E-state index contributed by atoms with van der Waals surface area (Å²) in [5, 5.41) is 20.6. The molecule has 1 fully saturated rings. The molecule has 2 unspecified atom stereocenters. The lowest BCUT2D eigenvalue weighted by Crippen LogP contribution is -2.64. The first-order chi connectivity index (χ1) is 10.1. The molecule has 2 aliphatic heterocycles. The highest BCUT2D eigenvalue weighted by Crippen LogP contribution is 2.62. The number of benzene rings is 1. The van der Waals surface area contributed by atoms with Crippen molar-refractivity contribution in [3.05, 3.63) is 35.4 Å². The van der Waals surface area contributed by atoms with E-state index in [4.69, 9.17) is 4.74 Å². The molecule has 1 aromatic carbocycles. The van der Waals surface area contributed by atoms with E-state index in [0.29, 0.717) is 17.7 Å². The summed E-state index contributed by atoms with van der Waals surface area (Å²) in [4.78, 5) is 2.43. The Labute approximate surface area is 123 Å². The number of aromatic hydroxyl groups is 1. The van der Waals surface area contributed by atoms with Gasteiger partial charge in [-0.05, 0) is 38.1 Å². The van der Waals surface area contributed by atoms with Gasteiger partial charge < -0.3 is 19.8 Å². The molecule has 1 spiro atoms. The molecule has 21 heavy (non-hydrogen) atoms. The number of phenolic OH excluding ortho intramolecular Hbond substituents is 1. The standard InChI is InChI=1S/C17H19NO3/c1-18-7-6-17-10-3-5-13(20)16(17)21-15-12(19)4-2-9(14(15)17)8-11(10)18/h2-5,10-11,13,16,19-20H,6-8H2,1H3/t10-,11+,13?,16?,17-/m0/s1. The highest BCUT2D eigenvalue weighted by atomic mass is 16.5. The highest BCUT2D eigenvalue weighted by Gasteiger charge is 2.64. The zero-order valence-corrected chi connectivity index (χ0v) is 12.0. The molecule has 0 saturated carbocycles. The van der Waals surface area contributed by atoms with Gasteiger partial charge in [-0.3, -0.25) is 0 Å². The lowest BCUT2D eigenvalue weighted by Gasteiger charge is -2.56. The Morgan fingerprint density at radius 1 is 1.33 bits per heavy atom. The van der Waals surface area contributed by atoms with Gasteiger partial charge in [0.05, 0.1) is 0 Å². The lowest BCUT2D eigenvalue weighted by atomic mass is 9.53. The van der Waals surface area contributed by atoms with E-state index in [2.05, 4.69) is 18.0 Å². The quantitative estimate of drug-likeness (QED) is 0.703. The molecule has 2 heterocycles. The molecule has 1 saturated heterocycles. The first kappa shape index (κ1) is 12.1. The van der Waals surface area contributed by atoms with Crippen LogP contribution in [0.5, 0.6) is 11.5 Å². The minimum atomic E-state index is -0.594. The Morgan fingerprint density at radius 3 is 3.05 bits per heavy atom. The van der Waals surface area contributed by atoms with Crippen LogP contribution in [0, 0.1) is 5.92 Å². The molecular weight excluding hydrogens is 266 g/mol. The van der Waals surface area contributed by atoms with E-state index in [1.54, 1.807) is 6.07 Å². The van der Waals surface area contributed by atoms with Crippen LogP contribution in [0.15, 0.2) is 24.3 Å². The zero-order valence-electron chi connectivity index (χ0n) is 12.0. The minimum Gasteiger partial charge on any atom is -0.504 e. The van der Waals surface area contributed by atoms with Gasteiger partial charge in [0.2, 0.25) is 0 Å². The first-order valence-corrected chi connectivity index (χ1v) is 7.71. The third-order valence-electron chi connectivity index (χ3n) is 6.15. The molecule has 4 heteroatoms. The predicted molar refractivity (Wildman–Crippen MR) is 77.6 cm³/mol. The van der Waals surface area contributed by atoms with Crippen LogP contribution in [-0.4, -0.2) is 47.0 Å². The molecule has 0 radical (unpaired) electrons. The van der Waals surface area contributed by atoms with Crippen LogP contribution < -0.4 is 4.74 Å². The van der Waals surface area contributed by atoms with Gasteiger partial charge in [0.25, 0.3) is 0 Å². The summed E-state index contributed by atoms with van der Waals surface area (Å²) in [6.45, 7) is 1.01. The summed E-state index contributed by atoms with van der Waals surface area (Å²) in [6.07, 6.45) is 5.18. The van der Waals surface area contributed by atoms with Crippen molar-refractivity contribution in [2.24, 2.45) is 5.92 Å². The Kier molecular flexibility index (Phi) is 2.08. The topological polar surface area (TPSA) is 52.9 Å². The molecule has 5 rings (SSSR count). The number of hydrogen-bond donors (Lipinski definition) is 2. The van der Waals surface area contributed by atoms with Crippen molar-refractivity contribution in [2.45, 2.75) is 36.5 Å². The van der Waals surface area contributed by atoms with E-state index in [0.717, 1.165) is 19.4 Å². The van der Waals surface area contributed by atoms with Gasteiger partial charge in [-0.15, -0.1) is 0 Å². The summed E-state index contributed by atoms with van der Waals surface area (Å²) in [6, 6.07) is 4.23. The second kappa shape index (κ2) is 3.62. The summed E-state index contributed by atoms with van der Waals surface area (Å²) in [5.41, 5.74) is 2.29. The van der Waals surface area contributed by atoms with Crippen molar-refractivity contribution < 1.29 is 14.9 Å². The number of aliphatic hydroxyl groups excluding tert-OH is 1. The average molecular weight is 285 g/mol. The zero-order chi connectivity index (χ0) is 14.4. The molecule has 4 nitrogen and oxygen atoms in total. The maximum atomic E-state index is 10.4. The van der Waals surface area contributed by atoms with Gasteiger partial charge in [-0.25, -0.2) is 0 Å². The van der Waals surface area contributed by atoms with Gasteiger partial charge in [-0.2, -0.15) is 0 Å². The Morgan fingerprint density at radius 2 is 2.19 bits per heavy atom. The molecule has 0 amide bonds. The van der Waals surface area contributed by atoms with Gasteiger partial charge >= 0.3 is 0 Å². The van der Waals surface area contributed by atoms with Crippen molar-refractivity contribution in [1.29, 1.82) is 0 Å². The molecule has 5 atom stereocenters. The lowest BCUT2D eigenvalue weighted by molar-refractivity contribution is -0.0453. The first-order valence-electron chi connectivity index (χ1n) is 7.71. The van der Waals surface area contributed by atoms with Gasteiger partial charge in [0, 0.05) is 22.9 Å². The monoisotopic (exact) mass is 285 g/mol. The third-order valence-corrected chi connectivity index (χ3v) is 6.15. The fourth-order valence-corrected chi connectivity index (χ4v) is 5.24. The van der Waals surface area contributed by atoms with Crippen LogP contribution in [0.2, 0.25) is 0 Å². The van der Waals surface area contributed by atoms with Crippen LogP contribution in [0.3, 0.4) is 0 Å². The van der Waals surface area contributed by atoms with Crippen molar-refractivity contribution in [2.75, 3.05) is 13.6 Å². The van der Waals surface area contributed by atoms with E-state index in [1.165, 1.54) is 11.1 Å². The fraction of sp³-hybridized carbons (Fsp3) is 0.529. The fourth-order valence-electron chi connectivity index (χ4n) is 5.24. The molecule has 1 aromatic rings. The van der Waals surface area contributed by atoms with Crippen molar-refractivity contribution in [3.63, 3.8) is 0 Å². The number of nitrogens with zero attached hydrogens (tertiary/aromatic N) is 1. The molecule has 110 valence electrons. The summed E-state index contributed by atoms with van der Waals surface area (Å²) < 4.78 is 6.09. The normalized spacial score (nSPS) is 42.6. The summed E-state index contributed by atoms with van der Waals surface area (Å²) in [7, 11) is 2.19. The molecule has 4 aliphatic rings. The maximum absolute atomic E-state index is 10.4. The number of aliphatic hydroxyl groups is 1. The largest absolute Gasteiger partial charge is 0.504 e. The average Bonchev–Trinajstić information content (AvgIpc) is 2.83. The number of likely N-dealkylation sites (N-methyl/N-ethyl adjacent to an activating group) is 1. The van der Waals surface area contributed by atoms with Crippen molar-refractivity contribution in [3.8, 4) is 11.5 Å². The predicted octanol–water partition coefficient (Wildman–Crippen LogP) is 1.20. The van der Waals surface area contributed by atoms with Gasteiger partial charge in [0.1, 0.15) is 12.2 Å². The van der Waals surface area contributed by atoms with Crippen molar-refractivity contribution >= 4 is 0 Å². The Balaban J connectivity index is 1.84. The molecule has 2 N–H and O–H groups in total. The third kappa shape index (κ3) is 1.21. The minimum absolute atomic E-state index is 0.160. The number of hydrogen-bond acceptors (Lipinski definition) is 4. The maximum Gasteiger partial charge on any atom is 0.165 e. The number of phenols is 1. The molecular formula is C17H19NO3. The van der Waals surface area contributed by atoms with Crippen LogP contribution >= 0.6 is 0 Å². The molecule has 2 aliphatic carbocycles.